The van der Waals surface area contributed by atoms with E-state index in [0.29, 0.717) is 6.42 Å². The molecular formula is C20H33N3O. The van der Waals surface area contributed by atoms with Crippen LogP contribution in [-0.4, -0.2) is 37.0 Å². The van der Waals surface area contributed by atoms with Crippen molar-refractivity contribution in [2.75, 3.05) is 36.8 Å². The van der Waals surface area contributed by atoms with Gasteiger partial charge in [0.15, 0.2) is 0 Å². The van der Waals surface area contributed by atoms with Crippen molar-refractivity contribution in [2.24, 2.45) is 0 Å². The second-order valence-electron chi connectivity index (χ2n) is 6.82. The highest BCUT2D eigenvalue weighted by molar-refractivity contribution is 5.77. The molecule has 24 heavy (non-hydrogen) atoms. The van der Waals surface area contributed by atoms with Crippen LogP contribution in [0.1, 0.15) is 57.9 Å². The highest BCUT2D eigenvalue weighted by Gasteiger charge is 2.16. The lowest BCUT2D eigenvalue weighted by atomic mass is 10.1. The number of rotatable bonds is 8. The minimum absolute atomic E-state index is 0.288. The molecule has 0 radical (unpaired) electrons. The van der Waals surface area contributed by atoms with Gasteiger partial charge in [0.2, 0.25) is 5.91 Å². The molecule has 2 N–H and O–H groups in total. The number of hydrogen-bond donors (Lipinski definition) is 1. The van der Waals surface area contributed by atoms with Gasteiger partial charge < -0.3 is 15.5 Å². The third-order valence-electron chi connectivity index (χ3n) is 4.76. The van der Waals surface area contributed by atoms with Gasteiger partial charge in [0.1, 0.15) is 0 Å². The van der Waals surface area contributed by atoms with Gasteiger partial charge in [-0.1, -0.05) is 19.9 Å². The smallest absolute Gasteiger partial charge is 0.222 e. The van der Waals surface area contributed by atoms with Crippen molar-refractivity contribution in [3.63, 3.8) is 0 Å². The number of nitrogens with zero attached hydrogens (tertiary/aromatic N) is 2. The number of aryl methyl sites for hydroxylation is 1. The van der Waals surface area contributed by atoms with Crippen LogP contribution in [0.2, 0.25) is 0 Å². The molecule has 0 atom stereocenters. The molecule has 1 amide bonds. The fourth-order valence-corrected chi connectivity index (χ4v) is 3.49. The fourth-order valence-electron chi connectivity index (χ4n) is 3.49. The molecule has 0 unspecified atom stereocenters. The van der Waals surface area contributed by atoms with Crippen molar-refractivity contribution < 1.29 is 4.79 Å². The van der Waals surface area contributed by atoms with E-state index in [9.17, 15) is 4.79 Å². The molecule has 1 fully saturated rings. The first kappa shape index (κ1) is 18.6. The second-order valence-corrected chi connectivity index (χ2v) is 6.82. The number of carbonyl (C=O) groups is 1. The van der Waals surface area contributed by atoms with E-state index in [1.807, 2.05) is 4.90 Å². The summed E-state index contributed by atoms with van der Waals surface area (Å²) < 4.78 is 0. The van der Waals surface area contributed by atoms with E-state index in [2.05, 4.69) is 36.9 Å². The van der Waals surface area contributed by atoms with Crippen molar-refractivity contribution in [1.82, 2.24) is 4.90 Å². The summed E-state index contributed by atoms with van der Waals surface area (Å²) in [5.41, 5.74) is 9.42. The zero-order valence-electron chi connectivity index (χ0n) is 15.4. The normalized spacial score (nSPS) is 14.7. The van der Waals surface area contributed by atoms with E-state index < -0.39 is 0 Å². The van der Waals surface area contributed by atoms with E-state index in [1.54, 1.807) is 0 Å². The van der Waals surface area contributed by atoms with Crippen molar-refractivity contribution in [3.05, 3.63) is 23.8 Å². The van der Waals surface area contributed by atoms with Gasteiger partial charge >= 0.3 is 0 Å². The Bertz CT molecular complexity index is 518. The SMILES string of the molecule is CCCN(CCC)c1ccc(CCC(=O)N2CCCCC2)cc1N. The molecule has 1 saturated heterocycles. The maximum atomic E-state index is 12.3. The minimum Gasteiger partial charge on any atom is -0.397 e. The molecule has 2 rings (SSSR count). The number of hydrogen-bond acceptors (Lipinski definition) is 3. The average molecular weight is 332 g/mol. The fraction of sp³-hybridized carbons (Fsp3) is 0.650. The summed E-state index contributed by atoms with van der Waals surface area (Å²) in [6.07, 6.45) is 7.16. The Labute approximate surface area is 147 Å². The number of nitrogens with two attached hydrogens (primary N) is 1. The van der Waals surface area contributed by atoms with Crippen molar-refractivity contribution in [2.45, 2.75) is 58.8 Å². The molecule has 0 bridgehead atoms. The molecule has 134 valence electrons. The summed E-state index contributed by atoms with van der Waals surface area (Å²) in [5, 5.41) is 0. The van der Waals surface area contributed by atoms with Crippen LogP contribution in [0.4, 0.5) is 11.4 Å². The topological polar surface area (TPSA) is 49.6 Å². The number of anilines is 2. The maximum Gasteiger partial charge on any atom is 0.222 e. The van der Waals surface area contributed by atoms with Gasteiger partial charge in [0.05, 0.1) is 11.4 Å². The van der Waals surface area contributed by atoms with Crippen LogP contribution in [0.5, 0.6) is 0 Å². The van der Waals surface area contributed by atoms with E-state index in [-0.39, 0.29) is 5.91 Å². The monoisotopic (exact) mass is 331 g/mol. The lowest BCUT2D eigenvalue weighted by Crippen LogP contribution is -2.35. The van der Waals surface area contributed by atoms with Crippen LogP contribution in [-0.2, 0) is 11.2 Å². The first-order valence-corrected chi connectivity index (χ1v) is 9.56. The molecule has 1 aromatic rings. The molecule has 1 aliphatic heterocycles. The highest BCUT2D eigenvalue weighted by Crippen LogP contribution is 2.25. The lowest BCUT2D eigenvalue weighted by molar-refractivity contribution is -0.132. The molecular weight excluding hydrogens is 298 g/mol. The lowest BCUT2D eigenvalue weighted by Gasteiger charge is -2.27. The molecule has 1 heterocycles. The second kappa shape index (κ2) is 9.55. The summed E-state index contributed by atoms with van der Waals surface area (Å²) in [7, 11) is 0. The van der Waals surface area contributed by atoms with Crippen molar-refractivity contribution in [3.8, 4) is 0 Å². The molecule has 0 saturated carbocycles. The molecule has 4 heteroatoms. The number of nitrogen functional groups attached to an aromatic ring is 1. The number of carbonyl (C=O) groups excluding carboxylic acids is 1. The number of benzene rings is 1. The Morgan fingerprint density at radius 2 is 1.79 bits per heavy atom. The molecule has 0 aliphatic carbocycles. The largest absolute Gasteiger partial charge is 0.397 e. The molecule has 1 aliphatic rings. The van der Waals surface area contributed by atoms with Crippen LogP contribution in [0, 0.1) is 0 Å². The molecule has 4 nitrogen and oxygen atoms in total. The molecule has 0 spiro atoms. The van der Waals surface area contributed by atoms with Crippen LogP contribution in [0.25, 0.3) is 0 Å². The van der Waals surface area contributed by atoms with Crippen LogP contribution < -0.4 is 10.6 Å². The zero-order valence-corrected chi connectivity index (χ0v) is 15.4. The first-order valence-electron chi connectivity index (χ1n) is 9.56. The van der Waals surface area contributed by atoms with E-state index >= 15 is 0 Å². The Morgan fingerprint density at radius 1 is 1.12 bits per heavy atom. The average Bonchev–Trinajstić information content (AvgIpc) is 2.60. The zero-order chi connectivity index (χ0) is 17.4. The van der Waals surface area contributed by atoms with Gasteiger partial charge in [-0.3, -0.25) is 4.79 Å². The van der Waals surface area contributed by atoms with E-state index in [1.165, 1.54) is 6.42 Å². The van der Waals surface area contributed by atoms with E-state index in [0.717, 1.165) is 75.2 Å². The summed E-state index contributed by atoms with van der Waals surface area (Å²) in [6.45, 7) is 8.32. The number of likely N-dealkylation sites (tertiary alicyclic amines) is 1. The standard InChI is InChI=1S/C20H33N3O/c1-3-12-22(13-4-2)19-10-8-17(16-18(19)21)9-11-20(24)23-14-6-5-7-15-23/h8,10,16H,3-7,9,11-15,21H2,1-2H3. The van der Waals surface area contributed by atoms with E-state index in [4.69, 9.17) is 5.73 Å². The quantitative estimate of drug-likeness (QED) is 0.736. The summed E-state index contributed by atoms with van der Waals surface area (Å²) in [5.74, 6) is 0.288. The van der Waals surface area contributed by atoms with Gasteiger partial charge in [-0.2, -0.15) is 0 Å². The van der Waals surface area contributed by atoms with Crippen LogP contribution in [0.15, 0.2) is 18.2 Å². The Kier molecular flexibility index (Phi) is 7.41. The molecule has 0 aromatic heterocycles. The van der Waals surface area contributed by atoms with Crippen molar-refractivity contribution >= 4 is 17.3 Å². The predicted octanol–water partition coefficient (Wildman–Crippen LogP) is 3.84. The third kappa shape index (κ3) is 5.15. The minimum atomic E-state index is 0.288. The van der Waals surface area contributed by atoms with Crippen molar-refractivity contribution in [1.29, 1.82) is 0 Å². The summed E-state index contributed by atoms with van der Waals surface area (Å²) >= 11 is 0. The number of piperidine rings is 1. The third-order valence-corrected chi connectivity index (χ3v) is 4.76. The predicted molar refractivity (Wildman–Crippen MR) is 102 cm³/mol. The molecule has 1 aromatic carbocycles. The van der Waals surface area contributed by atoms with Crippen LogP contribution in [0.3, 0.4) is 0 Å². The summed E-state index contributed by atoms with van der Waals surface area (Å²) in [6, 6.07) is 6.31. The van der Waals surface area contributed by atoms with Gasteiger partial charge in [-0.15, -0.1) is 0 Å². The van der Waals surface area contributed by atoms with Gasteiger partial charge in [-0.25, -0.2) is 0 Å². The highest BCUT2D eigenvalue weighted by atomic mass is 16.2. The van der Waals surface area contributed by atoms with Gasteiger partial charge in [-0.05, 0) is 56.2 Å². The Balaban J connectivity index is 1.94. The number of amides is 1. The Hall–Kier alpha value is -1.71. The Morgan fingerprint density at radius 3 is 2.38 bits per heavy atom. The van der Waals surface area contributed by atoms with Gasteiger partial charge in [0, 0.05) is 32.6 Å². The first-order chi connectivity index (χ1) is 11.7. The summed E-state index contributed by atoms with van der Waals surface area (Å²) in [4.78, 5) is 16.7. The van der Waals surface area contributed by atoms with Crippen LogP contribution >= 0.6 is 0 Å². The maximum absolute atomic E-state index is 12.3. The van der Waals surface area contributed by atoms with Gasteiger partial charge in [0.25, 0.3) is 0 Å².